The van der Waals surface area contributed by atoms with Gasteiger partial charge in [0.25, 0.3) is 0 Å². The van der Waals surface area contributed by atoms with Crippen molar-refractivity contribution in [1.29, 1.82) is 0 Å². The van der Waals surface area contributed by atoms with Gasteiger partial charge in [-0.2, -0.15) is 0 Å². The molecule has 3 radical (unpaired) electrons. The molecule has 0 fully saturated rings. The fraction of sp³-hybridized carbons (Fsp3) is 0.273. The number of hydrogen-bond acceptors (Lipinski definition) is 3. The van der Waals surface area contributed by atoms with Crippen molar-refractivity contribution in [3.63, 3.8) is 0 Å². The summed E-state index contributed by atoms with van der Waals surface area (Å²) in [5.41, 5.74) is 1.73. The molecule has 0 N–H and O–H groups in total. The minimum Gasteiger partial charge on any atom is -0.386 e. The molecule has 0 bridgehead atoms. The van der Waals surface area contributed by atoms with Crippen LogP contribution in [-0.2, 0) is 11.2 Å². The van der Waals surface area contributed by atoms with Crippen LogP contribution in [0.3, 0.4) is 0 Å². The van der Waals surface area contributed by atoms with Crippen molar-refractivity contribution >= 4 is 22.2 Å². The Morgan fingerprint density at radius 1 is 1.20 bits per heavy atom. The molecule has 4 heteroatoms. The average Bonchev–Trinajstić information content (AvgIpc) is 2.53. The average molecular weight is 217 g/mol. The Labute approximate surface area is 90.9 Å². The highest BCUT2D eigenvalue weighted by molar-refractivity contribution is 6.15. The molecule has 0 spiro atoms. The number of cyclic esters (lactones) is 2. The van der Waals surface area contributed by atoms with Crippen LogP contribution in [0.15, 0.2) is 18.2 Å². The Morgan fingerprint density at radius 2 is 2.00 bits per heavy atom. The van der Waals surface area contributed by atoms with Crippen molar-refractivity contribution in [2.45, 2.75) is 18.9 Å². The zero-order valence-corrected chi connectivity index (χ0v) is 9.08. The van der Waals surface area contributed by atoms with Crippen molar-refractivity contribution in [3.8, 4) is 0 Å². The molecule has 0 aromatic heterocycles. The van der Waals surface area contributed by atoms with Gasteiger partial charge in [0.2, 0.25) is 0 Å². The number of carbonyl (C=O) groups excluding carboxylic acids is 2. The number of hydrogen-bond donors (Lipinski definition) is 0. The van der Waals surface area contributed by atoms with E-state index < -0.39 is 11.9 Å². The highest BCUT2D eigenvalue weighted by Crippen LogP contribution is 2.24. The molecule has 15 heavy (non-hydrogen) atoms. The second kappa shape index (κ2) is 3.98. The molecular formula is C11H9O3Si. The molecule has 0 atom stereocenters. The summed E-state index contributed by atoms with van der Waals surface area (Å²) in [6.07, 6.45) is 1.70. The van der Waals surface area contributed by atoms with Crippen LogP contribution in [0.1, 0.15) is 32.7 Å². The van der Waals surface area contributed by atoms with Gasteiger partial charge in [-0.15, -0.1) is 0 Å². The first-order valence-corrected chi connectivity index (χ1v) is 5.47. The fourth-order valence-corrected chi connectivity index (χ4v) is 1.87. The second-order valence-electron chi connectivity index (χ2n) is 3.37. The fourth-order valence-electron chi connectivity index (χ4n) is 1.69. The van der Waals surface area contributed by atoms with E-state index in [1.807, 2.05) is 6.07 Å². The van der Waals surface area contributed by atoms with Gasteiger partial charge in [-0.05, 0) is 18.1 Å². The lowest BCUT2D eigenvalue weighted by molar-refractivity contribution is 0.0443. The third-order valence-electron chi connectivity index (χ3n) is 2.38. The summed E-state index contributed by atoms with van der Waals surface area (Å²) in [6.45, 7) is 0. The summed E-state index contributed by atoms with van der Waals surface area (Å²) in [5, 5.41) is 0. The molecule has 1 aliphatic rings. The SMILES string of the molecule is O=C1OC(=O)c2c(CCC[Si])cccc21. The van der Waals surface area contributed by atoms with Crippen LogP contribution in [0.5, 0.6) is 0 Å². The molecule has 0 aliphatic carbocycles. The van der Waals surface area contributed by atoms with E-state index in [4.69, 9.17) is 0 Å². The van der Waals surface area contributed by atoms with E-state index in [1.54, 1.807) is 12.1 Å². The molecule has 75 valence electrons. The normalized spacial score (nSPS) is 13.9. The quantitative estimate of drug-likeness (QED) is 0.438. The number of carbonyl (C=O) groups is 2. The minimum atomic E-state index is -0.532. The van der Waals surface area contributed by atoms with E-state index >= 15 is 0 Å². The number of ether oxygens (including phenoxy) is 1. The topological polar surface area (TPSA) is 43.4 Å². The molecule has 1 aliphatic heterocycles. The standard InChI is InChI=1S/C11H9O3Si/c12-10-8-5-1-3-7(4-2-6-15)9(8)11(13)14-10/h1,3,5H,2,4,6H2. The first-order valence-electron chi connectivity index (χ1n) is 4.77. The number of fused-ring (bicyclic) bond motifs is 1. The summed E-state index contributed by atoms with van der Waals surface area (Å²) in [5.74, 6) is -1.05. The molecule has 0 amide bonds. The highest BCUT2D eigenvalue weighted by Gasteiger charge is 2.31. The maximum Gasteiger partial charge on any atom is 0.347 e. The molecule has 2 rings (SSSR count). The van der Waals surface area contributed by atoms with E-state index in [9.17, 15) is 9.59 Å². The van der Waals surface area contributed by atoms with Gasteiger partial charge in [0, 0.05) is 10.2 Å². The molecule has 1 aromatic rings. The molecule has 0 saturated heterocycles. The Bertz CT molecular complexity index is 426. The first-order chi connectivity index (χ1) is 7.24. The predicted molar refractivity (Wildman–Crippen MR) is 55.1 cm³/mol. The van der Waals surface area contributed by atoms with Crippen LogP contribution in [0.4, 0.5) is 0 Å². The van der Waals surface area contributed by atoms with E-state index in [0.29, 0.717) is 11.1 Å². The lowest BCUT2D eigenvalue weighted by atomic mass is 9.99. The molecule has 1 heterocycles. The van der Waals surface area contributed by atoms with Gasteiger partial charge < -0.3 is 4.74 Å². The van der Waals surface area contributed by atoms with Gasteiger partial charge in [0.15, 0.2) is 0 Å². The predicted octanol–water partition coefficient (Wildman–Crippen LogP) is 1.52. The summed E-state index contributed by atoms with van der Waals surface area (Å²) in [4.78, 5) is 22.7. The third-order valence-corrected chi connectivity index (χ3v) is 2.74. The van der Waals surface area contributed by atoms with Gasteiger partial charge in [0.1, 0.15) is 0 Å². The summed E-state index contributed by atoms with van der Waals surface area (Å²) in [6, 6.07) is 6.13. The van der Waals surface area contributed by atoms with Crippen LogP contribution >= 0.6 is 0 Å². The van der Waals surface area contributed by atoms with Crippen molar-refractivity contribution in [2.75, 3.05) is 0 Å². The lowest BCUT2D eigenvalue weighted by Gasteiger charge is -2.02. The smallest absolute Gasteiger partial charge is 0.347 e. The number of rotatable bonds is 3. The molecule has 3 nitrogen and oxygen atoms in total. The van der Waals surface area contributed by atoms with Crippen LogP contribution < -0.4 is 0 Å². The highest BCUT2D eigenvalue weighted by atomic mass is 28.1. The van der Waals surface area contributed by atoms with Crippen LogP contribution in [0.25, 0.3) is 0 Å². The molecular weight excluding hydrogens is 208 g/mol. The van der Waals surface area contributed by atoms with E-state index in [0.717, 1.165) is 24.4 Å². The van der Waals surface area contributed by atoms with Gasteiger partial charge in [-0.3, -0.25) is 0 Å². The van der Waals surface area contributed by atoms with E-state index in [-0.39, 0.29) is 0 Å². The van der Waals surface area contributed by atoms with Crippen molar-refractivity contribution in [3.05, 3.63) is 34.9 Å². The second-order valence-corrected chi connectivity index (χ2v) is 3.87. The zero-order chi connectivity index (χ0) is 10.8. The van der Waals surface area contributed by atoms with E-state index in [1.165, 1.54) is 0 Å². The van der Waals surface area contributed by atoms with E-state index in [2.05, 4.69) is 15.0 Å². The van der Waals surface area contributed by atoms with Gasteiger partial charge in [0.05, 0.1) is 11.1 Å². The Morgan fingerprint density at radius 3 is 2.73 bits per heavy atom. The van der Waals surface area contributed by atoms with Crippen LogP contribution in [0, 0.1) is 0 Å². The zero-order valence-electron chi connectivity index (χ0n) is 8.08. The van der Waals surface area contributed by atoms with Crippen molar-refractivity contribution in [2.24, 2.45) is 0 Å². The number of aryl methyl sites for hydroxylation is 1. The minimum absolute atomic E-state index is 0.395. The third kappa shape index (κ3) is 1.72. The Balaban J connectivity index is 2.41. The molecule has 1 aromatic carbocycles. The molecule has 0 unspecified atom stereocenters. The molecule has 0 saturated carbocycles. The van der Waals surface area contributed by atoms with Gasteiger partial charge >= 0.3 is 11.9 Å². The van der Waals surface area contributed by atoms with Crippen molar-refractivity contribution in [1.82, 2.24) is 0 Å². The van der Waals surface area contributed by atoms with Gasteiger partial charge in [-0.25, -0.2) is 9.59 Å². The maximum absolute atomic E-state index is 11.4. The van der Waals surface area contributed by atoms with Gasteiger partial charge in [-0.1, -0.05) is 24.6 Å². The largest absolute Gasteiger partial charge is 0.386 e. The maximum atomic E-state index is 11.4. The Hall–Kier alpha value is -1.42. The van der Waals surface area contributed by atoms with Crippen LogP contribution in [0.2, 0.25) is 6.04 Å². The summed E-state index contributed by atoms with van der Waals surface area (Å²) in [7, 11) is 3.38. The Kier molecular flexibility index (Phi) is 2.68. The lowest BCUT2D eigenvalue weighted by Crippen LogP contribution is -2.00. The monoisotopic (exact) mass is 217 g/mol. The summed E-state index contributed by atoms with van der Waals surface area (Å²) < 4.78 is 4.56. The number of esters is 2. The number of benzene rings is 1. The first kappa shape index (κ1) is 10.1. The van der Waals surface area contributed by atoms with Crippen LogP contribution in [-0.4, -0.2) is 22.2 Å². The summed E-state index contributed by atoms with van der Waals surface area (Å²) >= 11 is 0. The van der Waals surface area contributed by atoms with Crippen molar-refractivity contribution < 1.29 is 14.3 Å².